The summed E-state index contributed by atoms with van der Waals surface area (Å²) in [6, 6.07) is 3.86. The Morgan fingerprint density at radius 2 is 1.73 bits per heavy atom. The predicted molar refractivity (Wildman–Crippen MR) is 54.7 cm³/mol. The molecule has 15 heavy (non-hydrogen) atoms. The van der Waals surface area contributed by atoms with Crippen molar-refractivity contribution in [2.45, 2.75) is 32.7 Å². The molecule has 0 saturated heterocycles. The van der Waals surface area contributed by atoms with Crippen molar-refractivity contribution in [3.8, 4) is 12.1 Å². The minimum absolute atomic E-state index is 0.245. The van der Waals surface area contributed by atoms with Crippen molar-refractivity contribution in [3.05, 3.63) is 0 Å². The summed E-state index contributed by atoms with van der Waals surface area (Å²) < 4.78 is 14.2. The van der Waals surface area contributed by atoms with E-state index in [1.165, 1.54) is 14.2 Å². The molecular weight excluding hydrogens is 196 g/mol. The van der Waals surface area contributed by atoms with Gasteiger partial charge in [-0.2, -0.15) is 10.5 Å². The van der Waals surface area contributed by atoms with Crippen molar-refractivity contribution < 1.29 is 14.2 Å². The number of nitriles is 2. The fraction of sp³-hybridized carbons (Fsp3) is 0.800. The fourth-order valence-corrected chi connectivity index (χ4v) is 0.625. The average molecular weight is 214 g/mol. The van der Waals surface area contributed by atoms with Crippen LogP contribution < -0.4 is 0 Å². The number of rotatable bonds is 5. The van der Waals surface area contributed by atoms with E-state index in [-0.39, 0.29) is 18.8 Å². The van der Waals surface area contributed by atoms with Gasteiger partial charge in [0.1, 0.15) is 6.10 Å². The fourth-order valence-electron chi connectivity index (χ4n) is 0.625. The van der Waals surface area contributed by atoms with Gasteiger partial charge < -0.3 is 14.2 Å². The number of ether oxygens (including phenoxy) is 3. The zero-order valence-electron chi connectivity index (χ0n) is 9.69. The molecule has 0 saturated carbocycles. The second-order valence-electron chi connectivity index (χ2n) is 2.49. The van der Waals surface area contributed by atoms with E-state index >= 15 is 0 Å². The first-order chi connectivity index (χ1) is 7.15. The summed E-state index contributed by atoms with van der Waals surface area (Å²) in [5.74, 6) is 0. The molecule has 0 N–H and O–H groups in total. The van der Waals surface area contributed by atoms with Gasteiger partial charge in [0.05, 0.1) is 18.6 Å². The van der Waals surface area contributed by atoms with Crippen LogP contribution in [0.1, 0.15) is 20.3 Å². The standard InChI is InChI=1S/C5H9NO2.C5H9NO/c1-7-5(8-2)3-4-6;1-3-7-5(2)4-6/h5H,3H2,1-2H3;5H,3H2,1-2H3. The lowest BCUT2D eigenvalue weighted by Gasteiger charge is -2.06. The lowest BCUT2D eigenvalue weighted by atomic mass is 10.5. The molecule has 1 atom stereocenters. The summed E-state index contributed by atoms with van der Waals surface area (Å²) in [5.41, 5.74) is 0. The first-order valence-corrected chi connectivity index (χ1v) is 4.59. The predicted octanol–water partition coefficient (Wildman–Crippen LogP) is 1.45. The van der Waals surface area contributed by atoms with Crippen molar-refractivity contribution in [2.75, 3.05) is 20.8 Å². The third-order valence-electron chi connectivity index (χ3n) is 1.38. The Labute approximate surface area is 91.2 Å². The molecule has 0 bridgehead atoms. The highest BCUT2D eigenvalue weighted by molar-refractivity contribution is 4.78. The van der Waals surface area contributed by atoms with Crippen molar-refractivity contribution in [1.29, 1.82) is 10.5 Å². The van der Waals surface area contributed by atoms with Crippen LogP contribution in [-0.4, -0.2) is 33.2 Å². The molecule has 86 valence electrons. The van der Waals surface area contributed by atoms with E-state index in [1.54, 1.807) is 6.92 Å². The molecule has 5 heteroatoms. The van der Waals surface area contributed by atoms with Crippen LogP contribution in [0.3, 0.4) is 0 Å². The average Bonchev–Trinajstić information content (AvgIpc) is 2.27. The van der Waals surface area contributed by atoms with Crippen LogP contribution in [0.5, 0.6) is 0 Å². The molecular formula is C10H18N2O3. The summed E-state index contributed by atoms with van der Waals surface area (Å²) in [6.45, 7) is 4.21. The lowest BCUT2D eigenvalue weighted by Crippen LogP contribution is -2.10. The van der Waals surface area contributed by atoms with E-state index < -0.39 is 0 Å². The molecule has 0 aromatic carbocycles. The number of hydrogen-bond acceptors (Lipinski definition) is 5. The Balaban J connectivity index is 0. The van der Waals surface area contributed by atoms with Crippen molar-refractivity contribution >= 4 is 0 Å². The first kappa shape index (κ1) is 16.3. The normalized spacial score (nSPS) is 10.9. The van der Waals surface area contributed by atoms with E-state index in [0.717, 1.165) is 0 Å². The molecule has 0 heterocycles. The van der Waals surface area contributed by atoms with Gasteiger partial charge in [-0.1, -0.05) is 0 Å². The third kappa shape index (κ3) is 12.9. The van der Waals surface area contributed by atoms with Crippen LogP contribution >= 0.6 is 0 Å². The van der Waals surface area contributed by atoms with Crippen LogP contribution in [0.25, 0.3) is 0 Å². The van der Waals surface area contributed by atoms with Gasteiger partial charge >= 0.3 is 0 Å². The molecule has 0 aromatic rings. The second kappa shape index (κ2) is 12.9. The number of hydrogen-bond donors (Lipinski definition) is 0. The smallest absolute Gasteiger partial charge is 0.169 e. The number of methoxy groups -OCH3 is 2. The summed E-state index contributed by atoms with van der Waals surface area (Å²) in [4.78, 5) is 0. The van der Waals surface area contributed by atoms with Crippen molar-refractivity contribution in [2.24, 2.45) is 0 Å². The number of nitrogens with zero attached hydrogens (tertiary/aromatic N) is 2. The van der Waals surface area contributed by atoms with Crippen LogP contribution in [0.2, 0.25) is 0 Å². The van der Waals surface area contributed by atoms with Gasteiger partial charge in [-0.05, 0) is 13.8 Å². The van der Waals surface area contributed by atoms with Crippen molar-refractivity contribution in [1.82, 2.24) is 0 Å². The van der Waals surface area contributed by atoms with E-state index in [1.807, 2.05) is 19.1 Å². The molecule has 0 fully saturated rings. The zero-order valence-corrected chi connectivity index (χ0v) is 9.69. The topological polar surface area (TPSA) is 75.3 Å². The van der Waals surface area contributed by atoms with Gasteiger partial charge in [-0.15, -0.1) is 0 Å². The minimum Gasteiger partial charge on any atom is -0.364 e. The lowest BCUT2D eigenvalue weighted by molar-refractivity contribution is -0.0975. The summed E-state index contributed by atoms with van der Waals surface area (Å²) in [5, 5.41) is 16.2. The van der Waals surface area contributed by atoms with E-state index in [0.29, 0.717) is 6.61 Å². The van der Waals surface area contributed by atoms with Crippen LogP contribution in [-0.2, 0) is 14.2 Å². The van der Waals surface area contributed by atoms with Gasteiger partial charge in [0.2, 0.25) is 0 Å². The van der Waals surface area contributed by atoms with E-state index in [9.17, 15) is 0 Å². The maximum absolute atomic E-state index is 8.09. The summed E-state index contributed by atoms with van der Waals surface area (Å²) >= 11 is 0. The minimum atomic E-state index is -0.361. The van der Waals surface area contributed by atoms with Gasteiger partial charge in [-0.3, -0.25) is 0 Å². The van der Waals surface area contributed by atoms with Crippen LogP contribution in [0.15, 0.2) is 0 Å². The maximum atomic E-state index is 8.09. The van der Waals surface area contributed by atoms with Gasteiger partial charge in [0.15, 0.2) is 6.29 Å². The largest absolute Gasteiger partial charge is 0.364 e. The molecule has 0 rings (SSSR count). The van der Waals surface area contributed by atoms with Gasteiger partial charge in [-0.25, -0.2) is 0 Å². The maximum Gasteiger partial charge on any atom is 0.169 e. The molecule has 0 spiro atoms. The summed E-state index contributed by atoms with van der Waals surface area (Å²) in [7, 11) is 3.01. The zero-order chi connectivity index (χ0) is 12.1. The van der Waals surface area contributed by atoms with E-state index in [2.05, 4.69) is 0 Å². The molecule has 1 unspecified atom stereocenters. The second-order valence-corrected chi connectivity index (χ2v) is 2.49. The highest BCUT2D eigenvalue weighted by atomic mass is 16.7. The molecule has 0 amide bonds. The highest BCUT2D eigenvalue weighted by Crippen LogP contribution is 1.93. The highest BCUT2D eigenvalue weighted by Gasteiger charge is 2.00. The molecule has 0 aromatic heterocycles. The van der Waals surface area contributed by atoms with E-state index in [4.69, 9.17) is 24.7 Å². The quantitative estimate of drug-likeness (QED) is 0.647. The van der Waals surface area contributed by atoms with Gasteiger partial charge in [0, 0.05) is 20.8 Å². The van der Waals surface area contributed by atoms with Crippen LogP contribution in [0.4, 0.5) is 0 Å². The Bertz CT molecular complexity index is 204. The Morgan fingerprint density at radius 3 is 1.87 bits per heavy atom. The molecule has 0 radical (unpaired) electrons. The van der Waals surface area contributed by atoms with Crippen LogP contribution in [0, 0.1) is 22.7 Å². The Hall–Kier alpha value is -1.14. The van der Waals surface area contributed by atoms with Gasteiger partial charge in [0.25, 0.3) is 0 Å². The molecule has 5 nitrogen and oxygen atoms in total. The SMILES string of the molecule is CCOC(C)C#N.COC(CC#N)OC. The molecule has 0 aliphatic rings. The molecule has 0 aliphatic heterocycles. The first-order valence-electron chi connectivity index (χ1n) is 4.59. The molecule has 0 aliphatic carbocycles. The Kier molecular flexibility index (Phi) is 14.0. The summed E-state index contributed by atoms with van der Waals surface area (Å²) in [6.07, 6.45) is -0.322. The van der Waals surface area contributed by atoms with Crippen molar-refractivity contribution in [3.63, 3.8) is 0 Å². The Morgan fingerprint density at radius 1 is 1.20 bits per heavy atom. The third-order valence-corrected chi connectivity index (χ3v) is 1.38. The monoisotopic (exact) mass is 214 g/mol.